The number of nitrogens with zero attached hydrogens (tertiary/aromatic N) is 1. The molecule has 1 aliphatic heterocycles. The maximum atomic E-state index is 11.0. The third-order valence-electron chi connectivity index (χ3n) is 3.12. The summed E-state index contributed by atoms with van der Waals surface area (Å²) in [5.41, 5.74) is 5.62. The number of carboxylic acids is 1. The van der Waals surface area contributed by atoms with E-state index in [-0.39, 0.29) is 5.75 Å². The van der Waals surface area contributed by atoms with Crippen molar-refractivity contribution in [2.24, 2.45) is 5.73 Å². The van der Waals surface area contributed by atoms with Gasteiger partial charge in [-0.15, -0.1) is 0 Å². The normalized spacial score (nSPS) is 25.0. The second kappa shape index (κ2) is 4.35. The number of hydrogen-bond donors (Lipinski definition) is 3. The molecule has 1 unspecified atom stereocenters. The number of nitrogens with two attached hydrogens (primary N) is 1. The van der Waals surface area contributed by atoms with Gasteiger partial charge in [-0.3, -0.25) is 9.69 Å². The molecule has 2 rings (SSSR count). The van der Waals surface area contributed by atoms with E-state index in [4.69, 9.17) is 10.8 Å². The van der Waals surface area contributed by atoms with Gasteiger partial charge in [-0.05, 0) is 24.1 Å². The average Bonchev–Trinajstić information content (AvgIpc) is 2.61. The van der Waals surface area contributed by atoms with E-state index in [1.54, 1.807) is 18.2 Å². The van der Waals surface area contributed by atoms with Crippen LogP contribution in [0.15, 0.2) is 24.3 Å². The minimum Gasteiger partial charge on any atom is -0.508 e. The van der Waals surface area contributed by atoms with Gasteiger partial charge >= 0.3 is 5.97 Å². The molecule has 0 aromatic heterocycles. The number of aliphatic carboxylic acids is 1. The Morgan fingerprint density at radius 2 is 2.29 bits per heavy atom. The van der Waals surface area contributed by atoms with E-state index in [9.17, 15) is 9.90 Å². The molecule has 1 atom stereocenters. The largest absolute Gasteiger partial charge is 0.508 e. The van der Waals surface area contributed by atoms with E-state index < -0.39 is 11.5 Å². The maximum Gasteiger partial charge on any atom is 0.325 e. The molecule has 0 spiro atoms. The molecular formula is C12H16N2O3. The Morgan fingerprint density at radius 3 is 2.88 bits per heavy atom. The lowest BCUT2D eigenvalue weighted by molar-refractivity contribution is -0.142. The number of phenolic OH excluding ortho intramolecular Hbond substituents is 1. The molecule has 5 nitrogen and oxygen atoms in total. The molecular weight excluding hydrogens is 220 g/mol. The average molecular weight is 236 g/mol. The summed E-state index contributed by atoms with van der Waals surface area (Å²) in [5.74, 6) is -0.727. The van der Waals surface area contributed by atoms with Crippen LogP contribution in [0.5, 0.6) is 5.75 Å². The Balaban J connectivity index is 2.01. The van der Waals surface area contributed by atoms with Gasteiger partial charge in [-0.1, -0.05) is 12.1 Å². The van der Waals surface area contributed by atoms with Crippen molar-refractivity contribution in [2.75, 3.05) is 13.1 Å². The molecule has 0 amide bonds. The smallest absolute Gasteiger partial charge is 0.325 e. The highest BCUT2D eigenvalue weighted by molar-refractivity contribution is 5.79. The summed E-state index contributed by atoms with van der Waals surface area (Å²) < 4.78 is 0. The van der Waals surface area contributed by atoms with Gasteiger partial charge in [0.05, 0.1) is 0 Å². The van der Waals surface area contributed by atoms with Crippen LogP contribution >= 0.6 is 0 Å². The van der Waals surface area contributed by atoms with Crippen LogP contribution in [0.1, 0.15) is 12.0 Å². The number of aromatic hydroxyl groups is 1. The van der Waals surface area contributed by atoms with Gasteiger partial charge in [0.2, 0.25) is 0 Å². The molecule has 5 heteroatoms. The summed E-state index contributed by atoms with van der Waals surface area (Å²) in [6, 6.07) is 6.96. The minimum absolute atomic E-state index is 0.221. The van der Waals surface area contributed by atoms with Crippen LogP contribution in [0.4, 0.5) is 0 Å². The van der Waals surface area contributed by atoms with Gasteiger partial charge < -0.3 is 15.9 Å². The summed E-state index contributed by atoms with van der Waals surface area (Å²) in [5, 5.41) is 18.3. The molecule has 1 aromatic carbocycles. The zero-order chi connectivity index (χ0) is 12.5. The first-order valence-electron chi connectivity index (χ1n) is 5.52. The fourth-order valence-electron chi connectivity index (χ4n) is 2.14. The van der Waals surface area contributed by atoms with E-state index in [2.05, 4.69) is 0 Å². The van der Waals surface area contributed by atoms with E-state index in [0.29, 0.717) is 26.1 Å². The van der Waals surface area contributed by atoms with Crippen LogP contribution < -0.4 is 5.73 Å². The Kier molecular flexibility index (Phi) is 3.04. The molecule has 17 heavy (non-hydrogen) atoms. The van der Waals surface area contributed by atoms with Crippen LogP contribution in [0, 0.1) is 0 Å². The summed E-state index contributed by atoms with van der Waals surface area (Å²) in [4.78, 5) is 13.0. The number of hydrogen-bond acceptors (Lipinski definition) is 4. The van der Waals surface area contributed by atoms with Crippen LogP contribution in [-0.4, -0.2) is 39.7 Å². The van der Waals surface area contributed by atoms with Gasteiger partial charge in [0.25, 0.3) is 0 Å². The van der Waals surface area contributed by atoms with E-state index >= 15 is 0 Å². The minimum atomic E-state index is -1.13. The fourth-order valence-corrected chi connectivity index (χ4v) is 2.14. The number of benzene rings is 1. The fraction of sp³-hybridized carbons (Fsp3) is 0.417. The Morgan fingerprint density at radius 1 is 1.53 bits per heavy atom. The van der Waals surface area contributed by atoms with Gasteiger partial charge in [-0.25, -0.2) is 0 Å². The second-order valence-corrected chi connectivity index (χ2v) is 4.59. The molecule has 92 valence electrons. The van der Waals surface area contributed by atoms with E-state index in [1.807, 2.05) is 11.0 Å². The predicted octanol–water partition coefficient (Wildman–Crippen LogP) is 0.380. The van der Waals surface area contributed by atoms with Crippen molar-refractivity contribution in [3.05, 3.63) is 29.8 Å². The standard InChI is InChI=1S/C12H16N2O3/c13-12(11(16)17)4-5-14(8-12)7-9-2-1-3-10(15)6-9/h1-3,6,15H,4-5,7-8,13H2,(H,16,17). The zero-order valence-electron chi connectivity index (χ0n) is 9.47. The number of rotatable bonds is 3. The molecule has 0 radical (unpaired) electrons. The summed E-state index contributed by atoms with van der Waals surface area (Å²) in [7, 11) is 0. The van der Waals surface area contributed by atoms with Crippen molar-refractivity contribution in [3.63, 3.8) is 0 Å². The lowest BCUT2D eigenvalue weighted by Crippen LogP contribution is -2.50. The Hall–Kier alpha value is -1.59. The van der Waals surface area contributed by atoms with Crippen molar-refractivity contribution in [3.8, 4) is 5.75 Å². The van der Waals surface area contributed by atoms with Gasteiger partial charge in [-0.2, -0.15) is 0 Å². The first-order chi connectivity index (χ1) is 7.99. The third-order valence-corrected chi connectivity index (χ3v) is 3.12. The molecule has 1 saturated heterocycles. The summed E-state index contributed by atoms with van der Waals surface area (Å²) >= 11 is 0. The van der Waals surface area contributed by atoms with Crippen LogP contribution in [0.3, 0.4) is 0 Å². The molecule has 1 fully saturated rings. The van der Waals surface area contributed by atoms with Crippen LogP contribution in [0.2, 0.25) is 0 Å². The molecule has 0 bridgehead atoms. The molecule has 1 aromatic rings. The van der Waals surface area contributed by atoms with Crippen molar-refractivity contribution >= 4 is 5.97 Å². The maximum absolute atomic E-state index is 11.0. The van der Waals surface area contributed by atoms with E-state index in [1.165, 1.54) is 0 Å². The van der Waals surface area contributed by atoms with Crippen LogP contribution in [-0.2, 0) is 11.3 Å². The van der Waals surface area contributed by atoms with Gasteiger partial charge in [0, 0.05) is 19.6 Å². The number of phenols is 1. The highest BCUT2D eigenvalue weighted by Crippen LogP contribution is 2.22. The topological polar surface area (TPSA) is 86.8 Å². The first-order valence-corrected chi connectivity index (χ1v) is 5.52. The SMILES string of the molecule is NC1(C(=O)O)CCN(Cc2cccc(O)c2)C1. The second-order valence-electron chi connectivity index (χ2n) is 4.59. The summed E-state index contributed by atoms with van der Waals surface area (Å²) in [6.45, 7) is 1.62. The van der Waals surface area contributed by atoms with Crippen molar-refractivity contribution in [1.29, 1.82) is 0 Å². The lowest BCUT2D eigenvalue weighted by Gasteiger charge is -2.20. The number of likely N-dealkylation sites (tertiary alicyclic amines) is 1. The van der Waals surface area contributed by atoms with Crippen molar-refractivity contribution < 1.29 is 15.0 Å². The molecule has 0 aliphatic carbocycles. The zero-order valence-corrected chi connectivity index (χ0v) is 9.47. The van der Waals surface area contributed by atoms with Crippen LogP contribution in [0.25, 0.3) is 0 Å². The lowest BCUT2D eigenvalue weighted by atomic mass is 10.0. The summed E-state index contributed by atoms with van der Waals surface area (Å²) in [6.07, 6.45) is 0.459. The molecule has 1 heterocycles. The highest BCUT2D eigenvalue weighted by atomic mass is 16.4. The monoisotopic (exact) mass is 236 g/mol. The van der Waals surface area contributed by atoms with Gasteiger partial charge in [0.15, 0.2) is 0 Å². The molecule has 1 aliphatic rings. The first kappa shape index (κ1) is 11.9. The van der Waals surface area contributed by atoms with Crippen molar-refractivity contribution in [1.82, 2.24) is 4.90 Å². The highest BCUT2D eigenvalue weighted by Gasteiger charge is 2.40. The predicted molar refractivity (Wildman–Crippen MR) is 62.6 cm³/mol. The quantitative estimate of drug-likeness (QED) is 0.706. The molecule has 0 saturated carbocycles. The van der Waals surface area contributed by atoms with Gasteiger partial charge in [0.1, 0.15) is 11.3 Å². The number of carboxylic acid groups (broad SMARTS) is 1. The Bertz CT molecular complexity index is 436. The Labute approximate surface area is 99.5 Å². The number of carbonyl (C=O) groups is 1. The molecule has 4 N–H and O–H groups in total. The van der Waals surface area contributed by atoms with Crippen molar-refractivity contribution in [2.45, 2.75) is 18.5 Å². The van der Waals surface area contributed by atoms with E-state index in [0.717, 1.165) is 5.56 Å². The third kappa shape index (κ3) is 2.57.